The molecule has 4 rings (SSSR count). The zero-order valence-electron chi connectivity index (χ0n) is 14.3. The number of ketones is 1. The highest BCUT2D eigenvalue weighted by atomic mass is 16.5. The second-order valence-electron chi connectivity index (χ2n) is 7.28. The highest BCUT2D eigenvalue weighted by Gasteiger charge is 2.55. The van der Waals surface area contributed by atoms with Crippen LogP contribution in [0.3, 0.4) is 0 Å². The second kappa shape index (κ2) is 5.86. The van der Waals surface area contributed by atoms with Crippen LogP contribution in [0.5, 0.6) is 5.75 Å². The lowest BCUT2D eigenvalue weighted by molar-refractivity contribution is -0.133. The SMILES string of the molecule is C[C@H]1CCCC[C@@]12NC(=O)N(CC(=O)c1ccc3c(c1)CCO3)C2=O. The van der Waals surface area contributed by atoms with Crippen LogP contribution >= 0.6 is 0 Å². The normalized spacial score (nSPS) is 28.0. The number of amides is 3. The van der Waals surface area contributed by atoms with Crippen LogP contribution < -0.4 is 10.1 Å². The van der Waals surface area contributed by atoms with Gasteiger partial charge in [-0.3, -0.25) is 14.5 Å². The molecule has 0 radical (unpaired) electrons. The number of nitrogens with zero attached hydrogens (tertiary/aromatic N) is 1. The second-order valence-corrected chi connectivity index (χ2v) is 7.28. The van der Waals surface area contributed by atoms with Gasteiger partial charge in [0.25, 0.3) is 5.91 Å². The maximum Gasteiger partial charge on any atom is 0.325 e. The number of ether oxygens (including phenoxy) is 1. The van der Waals surface area contributed by atoms with Crippen molar-refractivity contribution in [1.29, 1.82) is 0 Å². The summed E-state index contributed by atoms with van der Waals surface area (Å²) in [7, 11) is 0. The van der Waals surface area contributed by atoms with Crippen LogP contribution in [-0.4, -0.2) is 41.3 Å². The molecule has 2 fully saturated rings. The summed E-state index contributed by atoms with van der Waals surface area (Å²) < 4.78 is 5.45. The highest BCUT2D eigenvalue weighted by molar-refractivity contribution is 6.11. The molecule has 0 unspecified atom stereocenters. The minimum absolute atomic E-state index is 0.0925. The van der Waals surface area contributed by atoms with Gasteiger partial charge in [-0.15, -0.1) is 0 Å². The molecular formula is C19H22N2O4. The van der Waals surface area contributed by atoms with Crippen molar-refractivity contribution in [2.45, 2.75) is 44.6 Å². The monoisotopic (exact) mass is 342 g/mol. The van der Waals surface area contributed by atoms with Gasteiger partial charge in [-0.25, -0.2) is 4.79 Å². The number of carbonyl (C=O) groups excluding carboxylic acids is 3. The highest BCUT2D eigenvalue weighted by Crippen LogP contribution is 2.38. The van der Waals surface area contributed by atoms with E-state index in [4.69, 9.17) is 4.74 Å². The maximum atomic E-state index is 12.9. The molecule has 132 valence electrons. The predicted octanol–water partition coefficient (Wildman–Crippen LogP) is 2.30. The minimum atomic E-state index is -0.818. The molecule has 2 atom stereocenters. The standard InChI is InChI=1S/C19H22N2O4/c1-12-4-2-3-8-19(12)17(23)21(18(24)20-19)11-15(22)13-5-6-16-14(10-13)7-9-25-16/h5-6,10,12H,2-4,7-9,11H2,1H3,(H,20,24)/t12-,19+/m0/s1. The summed E-state index contributed by atoms with van der Waals surface area (Å²) in [5, 5.41) is 2.88. The van der Waals surface area contributed by atoms with Crippen molar-refractivity contribution in [2.75, 3.05) is 13.2 Å². The molecule has 2 aliphatic heterocycles. The van der Waals surface area contributed by atoms with Gasteiger partial charge < -0.3 is 10.1 Å². The number of rotatable bonds is 3. The molecule has 3 amide bonds. The van der Waals surface area contributed by atoms with Crippen molar-refractivity contribution >= 4 is 17.7 Å². The van der Waals surface area contributed by atoms with E-state index in [9.17, 15) is 14.4 Å². The third-order valence-corrected chi connectivity index (χ3v) is 5.81. The predicted molar refractivity (Wildman–Crippen MR) is 90.6 cm³/mol. The van der Waals surface area contributed by atoms with Gasteiger partial charge in [-0.05, 0) is 42.5 Å². The van der Waals surface area contributed by atoms with Crippen LogP contribution in [0.1, 0.15) is 48.5 Å². The fraction of sp³-hybridized carbons (Fsp3) is 0.526. The molecule has 6 heteroatoms. The van der Waals surface area contributed by atoms with Crippen LogP contribution in [0.2, 0.25) is 0 Å². The van der Waals surface area contributed by atoms with E-state index in [2.05, 4.69) is 5.32 Å². The van der Waals surface area contributed by atoms with Gasteiger partial charge in [-0.2, -0.15) is 0 Å². The number of nitrogens with one attached hydrogen (secondary N) is 1. The summed E-state index contributed by atoms with van der Waals surface area (Å²) in [6.07, 6.45) is 4.34. The van der Waals surface area contributed by atoms with Crippen molar-refractivity contribution < 1.29 is 19.1 Å². The lowest BCUT2D eigenvalue weighted by Gasteiger charge is -2.36. The zero-order chi connectivity index (χ0) is 17.6. The Morgan fingerprint density at radius 3 is 3.00 bits per heavy atom. The lowest BCUT2D eigenvalue weighted by atomic mass is 9.73. The summed E-state index contributed by atoms with van der Waals surface area (Å²) in [5.74, 6) is 0.428. The van der Waals surface area contributed by atoms with E-state index in [1.54, 1.807) is 12.1 Å². The van der Waals surface area contributed by atoms with Gasteiger partial charge in [0.2, 0.25) is 0 Å². The van der Waals surface area contributed by atoms with Crippen molar-refractivity contribution in [3.63, 3.8) is 0 Å². The number of fused-ring (bicyclic) bond motifs is 1. The van der Waals surface area contributed by atoms with Gasteiger partial charge in [-0.1, -0.05) is 19.8 Å². The van der Waals surface area contributed by atoms with E-state index in [1.165, 1.54) is 0 Å². The smallest absolute Gasteiger partial charge is 0.325 e. The molecule has 1 aromatic carbocycles. The average Bonchev–Trinajstić information content (AvgIpc) is 3.16. The molecule has 3 aliphatic rings. The van der Waals surface area contributed by atoms with Crippen LogP contribution in [0.4, 0.5) is 4.79 Å². The van der Waals surface area contributed by atoms with E-state index >= 15 is 0 Å². The molecule has 1 aliphatic carbocycles. The molecule has 1 saturated carbocycles. The Balaban J connectivity index is 1.53. The summed E-state index contributed by atoms with van der Waals surface area (Å²) in [5.41, 5.74) is 0.699. The third kappa shape index (κ3) is 2.51. The van der Waals surface area contributed by atoms with Gasteiger partial charge in [0, 0.05) is 12.0 Å². The van der Waals surface area contributed by atoms with E-state index in [-0.39, 0.29) is 24.2 Å². The third-order valence-electron chi connectivity index (χ3n) is 5.81. The summed E-state index contributed by atoms with van der Waals surface area (Å²) in [4.78, 5) is 39.0. The number of hydrogen-bond acceptors (Lipinski definition) is 4. The Kier molecular flexibility index (Phi) is 3.78. The number of hydrogen-bond donors (Lipinski definition) is 1. The number of imide groups is 1. The summed E-state index contributed by atoms with van der Waals surface area (Å²) >= 11 is 0. The average molecular weight is 342 g/mol. The molecule has 1 aromatic rings. The molecular weight excluding hydrogens is 320 g/mol. The molecule has 2 heterocycles. The molecule has 1 saturated heterocycles. The van der Waals surface area contributed by atoms with Crippen LogP contribution in [-0.2, 0) is 11.2 Å². The minimum Gasteiger partial charge on any atom is -0.493 e. The van der Waals surface area contributed by atoms with Crippen LogP contribution in [0.25, 0.3) is 0 Å². The first-order valence-corrected chi connectivity index (χ1v) is 8.94. The van der Waals surface area contributed by atoms with Gasteiger partial charge in [0.1, 0.15) is 11.3 Å². The number of urea groups is 1. The molecule has 0 bridgehead atoms. The van der Waals surface area contributed by atoms with Gasteiger partial charge in [0.15, 0.2) is 5.78 Å². The number of carbonyl (C=O) groups is 3. The Hall–Kier alpha value is -2.37. The van der Waals surface area contributed by atoms with E-state index in [1.807, 2.05) is 13.0 Å². The van der Waals surface area contributed by atoms with Crippen molar-refractivity contribution in [2.24, 2.45) is 5.92 Å². The van der Waals surface area contributed by atoms with E-state index in [0.717, 1.165) is 41.9 Å². The number of benzene rings is 1. The summed E-state index contributed by atoms with van der Waals surface area (Å²) in [6.45, 7) is 2.42. The quantitative estimate of drug-likeness (QED) is 0.675. The van der Waals surface area contributed by atoms with Crippen LogP contribution in [0.15, 0.2) is 18.2 Å². The topological polar surface area (TPSA) is 75.7 Å². The Morgan fingerprint density at radius 2 is 2.20 bits per heavy atom. The van der Waals surface area contributed by atoms with Crippen molar-refractivity contribution in [3.8, 4) is 5.75 Å². The Bertz CT molecular complexity index is 760. The van der Waals surface area contributed by atoms with Crippen molar-refractivity contribution in [1.82, 2.24) is 10.2 Å². The lowest BCUT2D eigenvalue weighted by Crippen LogP contribution is -2.54. The van der Waals surface area contributed by atoms with E-state index < -0.39 is 11.6 Å². The fourth-order valence-electron chi connectivity index (χ4n) is 4.23. The van der Waals surface area contributed by atoms with Gasteiger partial charge in [0.05, 0.1) is 13.2 Å². The molecule has 6 nitrogen and oxygen atoms in total. The fourth-order valence-corrected chi connectivity index (χ4v) is 4.23. The summed E-state index contributed by atoms with van der Waals surface area (Å²) in [6, 6.07) is 4.84. The number of Topliss-reactive ketones (excluding diaryl/α,β-unsaturated/α-hetero) is 1. The first-order chi connectivity index (χ1) is 12.0. The molecule has 1 spiro atoms. The molecule has 1 N–H and O–H groups in total. The first kappa shape index (κ1) is 16.1. The molecule has 25 heavy (non-hydrogen) atoms. The van der Waals surface area contributed by atoms with Crippen molar-refractivity contribution in [3.05, 3.63) is 29.3 Å². The molecule has 0 aromatic heterocycles. The van der Waals surface area contributed by atoms with E-state index in [0.29, 0.717) is 18.6 Å². The maximum absolute atomic E-state index is 12.9. The Labute approximate surface area is 146 Å². The Morgan fingerprint density at radius 1 is 1.36 bits per heavy atom. The zero-order valence-corrected chi connectivity index (χ0v) is 14.3. The van der Waals surface area contributed by atoms with Crippen LogP contribution in [0, 0.1) is 5.92 Å². The first-order valence-electron chi connectivity index (χ1n) is 8.94. The van der Waals surface area contributed by atoms with Gasteiger partial charge >= 0.3 is 6.03 Å². The largest absolute Gasteiger partial charge is 0.493 e.